The van der Waals surface area contributed by atoms with E-state index >= 15 is 0 Å². The summed E-state index contributed by atoms with van der Waals surface area (Å²) in [4.78, 5) is 10.9. The fourth-order valence-electron chi connectivity index (χ4n) is 1.02. The minimum atomic E-state index is -0.318. The number of hydrogen-bond donors (Lipinski definition) is 0. The number of carbonyl (C=O) groups excluding carboxylic acids is 1. The van der Waals surface area contributed by atoms with Gasteiger partial charge in [-0.1, -0.05) is 30.3 Å². The van der Waals surface area contributed by atoms with E-state index in [0.717, 1.165) is 11.1 Å². The Morgan fingerprint density at radius 3 is 2.46 bits per heavy atom. The van der Waals surface area contributed by atoms with Gasteiger partial charge in [0.25, 0.3) is 0 Å². The second-order valence-electron chi connectivity index (χ2n) is 2.72. The summed E-state index contributed by atoms with van der Waals surface area (Å²) in [6.07, 6.45) is 1.48. The Hall–Kier alpha value is -1.57. The lowest BCUT2D eigenvalue weighted by molar-refractivity contribution is -0.134. The Balaban J connectivity index is 2.85. The van der Waals surface area contributed by atoms with Crippen LogP contribution in [0.25, 0.3) is 5.57 Å². The van der Waals surface area contributed by atoms with Gasteiger partial charge in [-0.15, -0.1) is 0 Å². The lowest BCUT2D eigenvalue weighted by atomic mass is 10.1. The van der Waals surface area contributed by atoms with E-state index in [2.05, 4.69) is 4.74 Å². The molecule has 0 heterocycles. The SMILES string of the molecule is COC(=O)C=C(C)c1ccccc1. The second-order valence-corrected chi connectivity index (χ2v) is 2.72. The molecule has 1 aromatic rings. The zero-order chi connectivity index (χ0) is 9.68. The van der Waals surface area contributed by atoms with Crippen LogP contribution in [0.3, 0.4) is 0 Å². The molecule has 68 valence electrons. The molecule has 0 aliphatic heterocycles. The van der Waals surface area contributed by atoms with Crippen LogP contribution in [0.5, 0.6) is 0 Å². The van der Waals surface area contributed by atoms with Gasteiger partial charge in [0.2, 0.25) is 0 Å². The van der Waals surface area contributed by atoms with Gasteiger partial charge in [0.1, 0.15) is 0 Å². The zero-order valence-electron chi connectivity index (χ0n) is 7.78. The van der Waals surface area contributed by atoms with E-state index in [1.165, 1.54) is 13.2 Å². The molecule has 0 saturated heterocycles. The molecule has 0 radical (unpaired) electrons. The summed E-state index contributed by atoms with van der Waals surface area (Å²) in [6, 6.07) is 9.71. The van der Waals surface area contributed by atoms with Crippen LogP contribution in [-0.2, 0) is 9.53 Å². The van der Waals surface area contributed by atoms with Gasteiger partial charge in [-0.25, -0.2) is 4.79 Å². The normalized spacial score (nSPS) is 11.1. The van der Waals surface area contributed by atoms with E-state index in [1.807, 2.05) is 37.3 Å². The summed E-state index contributed by atoms with van der Waals surface area (Å²) in [5.74, 6) is -0.318. The van der Waals surface area contributed by atoms with Crippen LogP contribution in [0.2, 0.25) is 0 Å². The van der Waals surface area contributed by atoms with Gasteiger partial charge in [0, 0.05) is 6.08 Å². The average molecular weight is 176 g/mol. The van der Waals surface area contributed by atoms with Crippen LogP contribution in [-0.4, -0.2) is 13.1 Å². The van der Waals surface area contributed by atoms with Crippen LogP contribution in [0.15, 0.2) is 36.4 Å². The second kappa shape index (κ2) is 4.45. The smallest absolute Gasteiger partial charge is 0.330 e. The molecule has 0 spiro atoms. The molecular formula is C11H12O2. The maximum Gasteiger partial charge on any atom is 0.330 e. The average Bonchev–Trinajstić information content (AvgIpc) is 2.19. The van der Waals surface area contributed by atoms with E-state index in [9.17, 15) is 4.79 Å². The maximum absolute atomic E-state index is 10.9. The predicted molar refractivity (Wildman–Crippen MR) is 52.1 cm³/mol. The van der Waals surface area contributed by atoms with Crippen molar-refractivity contribution in [1.82, 2.24) is 0 Å². The Morgan fingerprint density at radius 2 is 1.92 bits per heavy atom. The van der Waals surface area contributed by atoms with Crippen LogP contribution < -0.4 is 0 Å². The molecule has 13 heavy (non-hydrogen) atoms. The van der Waals surface area contributed by atoms with Crippen molar-refractivity contribution in [3.05, 3.63) is 42.0 Å². The summed E-state index contributed by atoms with van der Waals surface area (Å²) in [6.45, 7) is 1.88. The van der Waals surface area contributed by atoms with Crippen molar-refractivity contribution < 1.29 is 9.53 Å². The summed E-state index contributed by atoms with van der Waals surface area (Å²) < 4.78 is 4.53. The molecule has 0 atom stereocenters. The standard InChI is InChI=1S/C11H12O2/c1-9(8-11(12)13-2)10-6-4-3-5-7-10/h3-8H,1-2H3. The number of benzene rings is 1. The Morgan fingerprint density at radius 1 is 1.31 bits per heavy atom. The predicted octanol–water partition coefficient (Wildman–Crippen LogP) is 2.26. The molecule has 1 aromatic carbocycles. The zero-order valence-corrected chi connectivity index (χ0v) is 7.78. The molecule has 0 amide bonds. The van der Waals surface area contributed by atoms with Crippen LogP contribution in [0, 0.1) is 0 Å². The molecule has 0 saturated carbocycles. The van der Waals surface area contributed by atoms with Crippen molar-refractivity contribution >= 4 is 11.5 Å². The van der Waals surface area contributed by atoms with Crippen LogP contribution >= 0.6 is 0 Å². The first kappa shape index (κ1) is 9.52. The number of allylic oxidation sites excluding steroid dienone is 1. The van der Waals surface area contributed by atoms with Crippen molar-refractivity contribution in [2.24, 2.45) is 0 Å². The van der Waals surface area contributed by atoms with Crippen molar-refractivity contribution in [3.63, 3.8) is 0 Å². The van der Waals surface area contributed by atoms with Gasteiger partial charge in [-0.05, 0) is 18.1 Å². The number of methoxy groups -OCH3 is 1. The Bertz CT molecular complexity index is 312. The quantitative estimate of drug-likeness (QED) is 0.510. The van der Waals surface area contributed by atoms with Gasteiger partial charge in [0.05, 0.1) is 7.11 Å². The highest BCUT2D eigenvalue weighted by molar-refractivity contribution is 5.90. The maximum atomic E-state index is 10.9. The monoisotopic (exact) mass is 176 g/mol. The lowest BCUT2D eigenvalue weighted by Crippen LogP contribution is -1.95. The number of rotatable bonds is 2. The number of carbonyl (C=O) groups is 1. The Labute approximate surface area is 77.8 Å². The van der Waals surface area contributed by atoms with E-state index in [1.54, 1.807) is 0 Å². The first-order chi connectivity index (χ1) is 6.24. The molecule has 0 bridgehead atoms. The third-order valence-corrected chi connectivity index (χ3v) is 1.76. The highest BCUT2D eigenvalue weighted by Crippen LogP contribution is 2.12. The van der Waals surface area contributed by atoms with E-state index in [4.69, 9.17) is 0 Å². The highest BCUT2D eigenvalue weighted by Gasteiger charge is 1.97. The molecule has 2 nitrogen and oxygen atoms in total. The molecule has 0 aromatic heterocycles. The third kappa shape index (κ3) is 2.75. The molecule has 0 fully saturated rings. The molecule has 0 N–H and O–H groups in total. The molecular weight excluding hydrogens is 164 g/mol. The molecule has 0 aliphatic carbocycles. The van der Waals surface area contributed by atoms with Gasteiger partial charge >= 0.3 is 5.97 Å². The number of hydrogen-bond acceptors (Lipinski definition) is 2. The lowest BCUT2D eigenvalue weighted by Gasteiger charge is -1.99. The van der Waals surface area contributed by atoms with E-state index in [0.29, 0.717) is 0 Å². The van der Waals surface area contributed by atoms with Crippen LogP contribution in [0.4, 0.5) is 0 Å². The summed E-state index contributed by atoms with van der Waals surface area (Å²) in [5.41, 5.74) is 1.94. The van der Waals surface area contributed by atoms with E-state index in [-0.39, 0.29) is 5.97 Å². The van der Waals surface area contributed by atoms with Gasteiger partial charge in [-0.3, -0.25) is 0 Å². The first-order valence-electron chi connectivity index (χ1n) is 4.05. The first-order valence-corrected chi connectivity index (χ1v) is 4.05. The third-order valence-electron chi connectivity index (χ3n) is 1.76. The van der Waals surface area contributed by atoms with E-state index < -0.39 is 0 Å². The molecule has 0 unspecified atom stereocenters. The largest absolute Gasteiger partial charge is 0.466 e. The molecule has 2 heteroatoms. The summed E-state index contributed by atoms with van der Waals surface area (Å²) in [5, 5.41) is 0. The van der Waals surface area contributed by atoms with Crippen LogP contribution in [0.1, 0.15) is 12.5 Å². The minimum absolute atomic E-state index is 0.318. The van der Waals surface area contributed by atoms with Crippen molar-refractivity contribution in [2.45, 2.75) is 6.92 Å². The van der Waals surface area contributed by atoms with Crippen molar-refractivity contribution in [1.29, 1.82) is 0 Å². The van der Waals surface area contributed by atoms with Crippen molar-refractivity contribution in [2.75, 3.05) is 7.11 Å². The fraction of sp³-hybridized carbons (Fsp3) is 0.182. The number of ether oxygens (including phenoxy) is 1. The summed E-state index contributed by atoms with van der Waals surface area (Å²) >= 11 is 0. The fourth-order valence-corrected chi connectivity index (χ4v) is 1.02. The molecule has 1 rings (SSSR count). The van der Waals surface area contributed by atoms with Gasteiger partial charge < -0.3 is 4.74 Å². The van der Waals surface area contributed by atoms with Crippen molar-refractivity contribution in [3.8, 4) is 0 Å². The van der Waals surface area contributed by atoms with Gasteiger partial charge in [-0.2, -0.15) is 0 Å². The number of esters is 1. The minimum Gasteiger partial charge on any atom is -0.466 e. The van der Waals surface area contributed by atoms with Gasteiger partial charge in [0.15, 0.2) is 0 Å². The highest BCUT2D eigenvalue weighted by atomic mass is 16.5. The molecule has 0 aliphatic rings. The Kier molecular flexibility index (Phi) is 3.26. The topological polar surface area (TPSA) is 26.3 Å². The summed E-state index contributed by atoms with van der Waals surface area (Å²) in [7, 11) is 1.37.